The Morgan fingerprint density at radius 2 is 1.83 bits per heavy atom. The third-order valence-corrected chi connectivity index (χ3v) is 6.21. The van der Waals surface area contributed by atoms with E-state index in [9.17, 15) is 13.2 Å². The molecule has 1 heterocycles. The molecule has 3 N–H and O–H groups in total. The normalized spacial score (nSPS) is 15.1. The Kier molecular flexibility index (Phi) is 4.36. The van der Waals surface area contributed by atoms with E-state index < -0.39 is 16.0 Å². The molecule has 0 aliphatic carbocycles. The zero-order chi connectivity index (χ0) is 17.3. The standard InChI is InChI=1S/C17H20N2O4S/c18-13-9-10-14-17-12(13)6-5-7-15(17)24(22,23)19(14)11-4-2-1-3-8-16(20)21/h5-7,9-10H,1-4,8,11,18H2,(H,20,21). The lowest BCUT2D eigenvalue weighted by atomic mass is 10.1. The highest BCUT2D eigenvalue weighted by Gasteiger charge is 2.35. The molecule has 0 saturated carbocycles. The van der Waals surface area contributed by atoms with Crippen molar-refractivity contribution in [3.05, 3.63) is 30.3 Å². The van der Waals surface area contributed by atoms with Crippen LogP contribution < -0.4 is 10.0 Å². The van der Waals surface area contributed by atoms with E-state index in [4.69, 9.17) is 10.8 Å². The predicted molar refractivity (Wildman–Crippen MR) is 93.6 cm³/mol. The molecule has 0 amide bonds. The van der Waals surface area contributed by atoms with E-state index >= 15 is 0 Å². The summed E-state index contributed by atoms with van der Waals surface area (Å²) < 4.78 is 27.0. The Morgan fingerprint density at radius 1 is 1.08 bits per heavy atom. The number of aliphatic carboxylic acids is 1. The number of nitrogens with zero attached hydrogens (tertiary/aromatic N) is 1. The number of nitrogens with two attached hydrogens (primary N) is 1. The second-order valence-electron chi connectivity index (χ2n) is 5.99. The van der Waals surface area contributed by atoms with E-state index in [0.29, 0.717) is 41.0 Å². The van der Waals surface area contributed by atoms with Crippen LogP contribution in [0.5, 0.6) is 0 Å². The third kappa shape index (κ3) is 2.80. The Bertz CT molecular complexity index is 893. The molecule has 6 nitrogen and oxygen atoms in total. The number of sulfonamides is 1. The number of hydrogen-bond acceptors (Lipinski definition) is 4. The Labute approximate surface area is 140 Å². The monoisotopic (exact) mass is 348 g/mol. The van der Waals surface area contributed by atoms with Gasteiger partial charge < -0.3 is 10.8 Å². The zero-order valence-corrected chi connectivity index (χ0v) is 14.1. The summed E-state index contributed by atoms with van der Waals surface area (Å²) in [6.45, 7) is 0.392. The minimum Gasteiger partial charge on any atom is -0.481 e. The van der Waals surface area contributed by atoms with Crippen LogP contribution in [-0.2, 0) is 14.8 Å². The summed E-state index contributed by atoms with van der Waals surface area (Å²) in [7, 11) is -3.54. The van der Waals surface area contributed by atoms with Gasteiger partial charge >= 0.3 is 5.97 Å². The van der Waals surface area contributed by atoms with Gasteiger partial charge in [-0.05, 0) is 31.0 Å². The summed E-state index contributed by atoms with van der Waals surface area (Å²) >= 11 is 0. The number of unbranched alkanes of at least 4 members (excludes halogenated alkanes) is 3. The molecular weight excluding hydrogens is 328 g/mol. The summed E-state index contributed by atoms with van der Waals surface area (Å²) in [5, 5.41) is 10.1. The molecule has 1 aliphatic heterocycles. The highest BCUT2D eigenvalue weighted by atomic mass is 32.2. The van der Waals surface area contributed by atoms with Crippen molar-refractivity contribution in [2.75, 3.05) is 16.6 Å². The van der Waals surface area contributed by atoms with Crippen molar-refractivity contribution >= 4 is 38.1 Å². The number of nitrogen functional groups attached to an aromatic ring is 1. The molecule has 0 unspecified atom stereocenters. The molecule has 0 spiro atoms. The molecule has 128 valence electrons. The lowest BCUT2D eigenvalue weighted by Gasteiger charge is -2.18. The SMILES string of the molecule is Nc1ccc2c3c(cccc13)S(=O)(=O)N2CCCCCCC(=O)O. The molecule has 0 radical (unpaired) electrons. The summed E-state index contributed by atoms with van der Waals surface area (Å²) in [5.41, 5.74) is 7.23. The van der Waals surface area contributed by atoms with Gasteiger partial charge in [0.1, 0.15) is 0 Å². The highest BCUT2D eigenvalue weighted by molar-refractivity contribution is 7.93. The lowest BCUT2D eigenvalue weighted by Crippen LogP contribution is -2.28. The maximum absolute atomic E-state index is 12.8. The second-order valence-corrected chi connectivity index (χ2v) is 7.82. The number of carboxylic acids is 1. The second kappa shape index (κ2) is 6.32. The van der Waals surface area contributed by atoms with Crippen molar-refractivity contribution < 1.29 is 18.3 Å². The smallest absolute Gasteiger partial charge is 0.303 e. The van der Waals surface area contributed by atoms with Gasteiger partial charge in [0.15, 0.2) is 0 Å². The Balaban J connectivity index is 1.77. The fourth-order valence-electron chi connectivity index (χ4n) is 3.17. The number of carboxylic acid groups (broad SMARTS) is 1. The van der Waals surface area contributed by atoms with Crippen molar-refractivity contribution in [3.63, 3.8) is 0 Å². The summed E-state index contributed by atoms with van der Waals surface area (Å²) in [6, 6.07) is 8.67. The molecule has 2 aromatic carbocycles. The molecule has 0 atom stereocenters. The van der Waals surface area contributed by atoms with Crippen molar-refractivity contribution in [3.8, 4) is 0 Å². The van der Waals surface area contributed by atoms with Crippen LogP contribution in [0, 0.1) is 0 Å². The van der Waals surface area contributed by atoms with Gasteiger partial charge in [0.25, 0.3) is 10.0 Å². The predicted octanol–water partition coefficient (Wildman–Crippen LogP) is 2.97. The molecule has 2 aromatic rings. The van der Waals surface area contributed by atoms with Gasteiger partial charge in [-0.25, -0.2) is 8.42 Å². The number of carbonyl (C=O) groups is 1. The van der Waals surface area contributed by atoms with E-state index in [1.165, 1.54) is 4.31 Å². The van der Waals surface area contributed by atoms with Gasteiger partial charge in [-0.3, -0.25) is 9.10 Å². The van der Waals surface area contributed by atoms with E-state index in [0.717, 1.165) is 18.2 Å². The highest BCUT2D eigenvalue weighted by Crippen LogP contribution is 2.43. The Hall–Kier alpha value is -2.28. The maximum atomic E-state index is 12.8. The minimum atomic E-state index is -3.54. The van der Waals surface area contributed by atoms with Crippen LogP contribution in [0.3, 0.4) is 0 Å². The first kappa shape index (κ1) is 16.6. The third-order valence-electron chi connectivity index (χ3n) is 4.35. The van der Waals surface area contributed by atoms with Crippen LogP contribution in [0.15, 0.2) is 35.2 Å². The fourth-order valence-corrected chi connectivity index (χ4v) is 4.92. The first-order chi connectivity index (χ1) is 11.4. The number of hydrogen-bond donors (Lipinski definition) is 2. The Morgan fingerprint density at radius 3 is 2.58 bits per heavy atom. The molecule has 1 aliphatic rings. The van der Waals surface area contributed by atoms with Crippen LogP contribution in [0.25, 0.3) is 10.8 Å². The largest absolute Gasteiger partial charge is 0.481 e. The van der Waals surface area contributed by atoms with Gasteiger partial charge in [0.05, 0.1) is 10.6 Å². The van der Waals surface area contributed by atoms with E-state index in [1.807, 2.05) is 6.07 Å². The number of rotatable bonds is 7. The molecule has 7 heteroatoms. The molecule has 0 aromatic heterocycles. The van der Waals surface area contributed by atoms with Crippen molar-refractivity contribution in [2.45, 2.75) is 37.0 Å². The van der Waals surface area contributed by atoms with Crippen molar-refractivity contribution in [2.24, 2.45) is 0 Å². The molecule has 0 saturated heterocycles. The minimum absolute atomic E-state index is 0.159. The van der Waals surface area contributed by atoms with Crippen LogP contribution in [-0.4, -0.2) is 26.0 Å². The van der Waals surface area contributed by atoms with Crippen molar-refractivity contribution in [1.29, 1.82) is 0 Å². The van der Waals surface area contributed by atoms with Crippen molar-refractivity contribution in [1.82, 2.24) is 0 Å². The molecule has 3 rings (SSSR count). The van der Waals surface area contributed by atoms with Gasteiger partial charge in [0.2, 0.25) is 0 Å². The average Bonchev–Trinajstić information content (AvgIpc) is 2.75. The summed E-state index contributed by atoms with van der Waals surface area (Å²) in [5.74, 6) is -0.795. The van der Waals surface area contributed by atoms with Crippen LogP contribution in [0.4, 0.5) is 11.4 Å². The van der Waals surface area contributed by atoms with Gasteiger partial charge in [-0.15, -0.1) is 0 Å². The fraction of sp³-hybridized carbons (Fsp3) is 0.353. The first-order valence-electron chi connectivity index (χ1n) is 7.98. The lowest BCUT2D eigenvalue weighted by molar-refractivity contribution is -0.137. The maximum Gasteiger partial charge on any atom is 0.303 e. The molecule has 0 bridgehead atoms. The summed E-state index contributed by atoms with van der Waals surface area (Å²) in [4.78, 5) is 10.8. The zero-order valence-electron chi connectivity index (χ0n) is 13.2. The molecule has 24 heavy (non-hydrogen) atoms. The van der Waals surface area contributed by atoms with Crippen LogP contribution >= 0.6 is 0 Å². The molecular formula is C17H20N2O4S. The molecule has 0 fully saturated rings. The van der Waals surface area contributed by atoms with Gasteiger partial charge in [-0.2, -0.15) is 0 Å². The van der Waals surface area contributed by atoms with Crippen LogP contribution in [0.2, 0.25) is 0 Å². The van der Waals surface area contributed by atoms with Gasteiger partial charge in [-0.1, -0.05) is 25.0 Å². The summed E-state index contributed by atoms with van der Waals surface area (Å²) in [6.07, 6.45) is 3.05. The van der Waals surface area contributed by atoms with Gasteiger partial charge in [0, 0.05) is 29.4 Å². The number of anilines is 2. The van der Waals surface area contributed by atoms with Crippen LogP contribution in [0.1, 0.15) is 32.1 Å². The topological polar surface area (TPSA) is 101 Å². The van der Waals surface area contributed by atoms with E-state index in [1.54, 1.807) is 24.3 Å². The first-order valence-corrected chi connectivity index (χ1v) is 9.42. The number of benzene rings is 2. The average molecular weight is 348 g/mol. The van der Waals surface area contributed by atoms with E-state index in [-0.39, 0.29) is 6.42 Å². The quantitative estimate of drug-likeness (QED) is 0.592. The van der Waals surface area contributed by atoms with E-state index in [2.05, 4.69) is 0 Å².